The standard InChI is InChI=1S/C11H22N2OS/c1-3-13(4-2)11(14)9-15-10-5-7-12-8-6-10/h10,12H,3-9H2,1-2H3. The maximum absolute atomic E-state index is 11.7. The highest BCUT2D eigenvalue weighted by atomic mass is 32.2. The van der Waals surface area contributed by atoms with Crippen molar-refractivity contribution in [2.24, 2.45) is 0 Å². The number of rotatable bonds is 5. The Morgan fingerprint density at radius 1 is 1.33 bits per heavy atom. The molecule has 0 saturated carbocycles. The van der Waals surface area contributed by atoms with Gasteiger partial charge in [-0.05, 0) is 39.8 Å². The summed E-state index contributed by atoms with van der Waals surface area (Å²) in [5.41, 5.74) is 0. The summed E-state index contributed by atoms with van der Waals surface area (Å²) < 4.78 is 0. The number of piperidine rings is 1. The molecule has 1 fully saturated rings. The third-order valence-electron chi connectivity index (χ3n) is 2.84. The van der Waals surface area contributed by atoms with E-state index >= 15 is 0 Å². The summed E-state index contributed by atoms with van der Waals surface area (Å²) in [6.45, 7) is 7.96. The largest absolute Gasteiger partial charge is 0.343 e. The smallest absolute Gasteiger partial charge is 0.232 e. The van der Waals surface area contributed by atoms with Crippen molar-refractivity contribution in [2.45, 2.75) is 31.9 Å². The number of carbonyl (C=O) groups is 1. The van der Waals surface area contributed by atoms with Crippen LogP contribution in [0.5, 0.6) is 0 Å². The summed E-state index contributed by atoms with van der Waals surface area (Å²) in [5, 5.41) is 4.02. The first-order chi connectivity index (χ1) is 7.27. The highest BCUT2D eigenvalue weighted by molar-refractivity contribution is 8.00. The molecule has 4 heteroatoms. The number of amides is 1. The fraction of sp³-hybridized carbons (Fsp3) is 0.909. The molecule has 3 nitrogen and oxygen atoms in total. The molecule has 0 aromatic rings. The summed E-state index contributed by atoms with van der Waals surface area (Å²) in [5.74, 6) is 0.954. The zero-order valence-corrected chi connectivity index (χ0v) is 10.6. The Kier molecular flexibility index (Phi) is 6.10. The van der Waals surface area contributed by atoms with E-state index in [4.69, 9.17) is 0 Å². The summed E-state index contributed by atoms with van der Waals surface area (Å²) in [6, 6.07) is 0. The van der Waals surface area contributed by atoms with Crippen molar-refractivity contribution in [1.82, 2.24) is 10.2 Å². The highest BCUT2D eigenvalue weighted by Gasteiger charge is 2.16. The van der Waals surface area contributed by atoms with E-state index in [9.17, 15) is 4.79 Å². The fourth-order valence-electron chi connectivity index (χ4n) is 1.82. The zero-order chi connectivity index (χ0) is 11.1. The lowest BCUT2D eigenvalue weighted by Crippen LogP contribution is -2.34. The van der Waals surface area contributed by atoms with Crippen molar-refractivity contribution in [2.75, 3.05) is 31.9 Å². The molecule has 0 unspecified atom stereocenters. The van der Waals surface area contributed by atoms with E-state index in [1.165, 1.54) is 12.8 Å². The number of hydrogen-bond acceptors (Lipinski definition) is 3. The fourth-order valence-corrected chi connectivity index (χ4v) is 2.95. The predicted octanol–water partition coefficient (Wildman–Crippen LogP) is 1.34. The zero-order valence-electron chi connectivity index (χ0n) is 9.79. The maximum Gasteiger partial charge on any atom is 0.232 e. The lowest BCUT2D eigenvalue weighted by molar-refractivity contribution is -0.127. The summed E-state index contributed by atoms with van der Waals surface area (Å²) >= 11 is 1.83. The van der Waals surface area contributed by atoms with E-state index in [2.05, 4.69) is 5.32 Å². The van der Waals surface area contributed by atoms with Gasteiger partial charge in [-0.3, -0.25) is 4.79 Å². The number of nitrogens with zero attached hydrogens (tertiary/aromatic N) is 1. The van der Waals surface area contributed by atoms with Crippen LogP contribution in [0, 0.1) is 0 Å². The first-order valence-corrected chi connectivity index (χ1v) is 6.92. The minimum absolute atomic E-state index is 0.295. The summed E-state index contributed by atoms with van der Waals surface area (Å²) in [7, 11) is 0. The van der Waals surface area contributed by atoms with Crippen LogP contribution in [0.4, 0.5) is 0 Å². The minimum Gasteiger partial charge on any atom is -0.343 e. The van der Waals surface area contributed by atoms with Gasteiger partial charge in [-0.15, -0.1) is 11.8 Å². The maximum atomic E-state index is 11.7. The Morgan fingerprint density at radius 2 is 1.93 bits per heavy atom. The first kappa shape index (κ1) is 12.8. The van der Waals surface area contributed by atoms with Gasteiger partial charge in [0, 0.05) is 18.3 Å². The van der Waals surface area contributed by atoms with E-state index < -0.39 is 0 Å². The van der Waals surface area contributed by atoms with Crippen molar-refractivity contribution in [3.63, 3.8) is 0 Å². The Balaban J connectivity index is 2.20. The van der Waals surface area contributed by atoms with Gasteiger partial charge in [0.1, 0.15) is 0 Å². The quantitative estimate of drug-likeness (QED) is 0.773. The SMILES string of the molecule is CCN(CC)C(=O)CSC1CCNCC1. The highest BCUT2D eigenvalue weighted by Crippen LogP contribution is 2.20. The number of nitrogens with one attached hydrogen (secondary N) is 1. The van der Waals surface area contributed by atoms with Crippen LogP contribution >= 0.6 is 11.8 Å². The number of hydrogen-bond donors (Lipinski definition) is 1. The predicted molar refractivity (Wildman–Crippen MR) is 66.3 cm³/mol. The summed E-state index contributed by atoms with van der Waals surface area (Å²) in [4.78, 5) is 13.6. The molecule has 1 rings (SSSR count). The molecular weight excluding hydrogens is 208 g/mol. The van der Waals surface area contributed by atoms with Crippen LogP contribution in [0.15, 0.2) is 0 Å². The second kappa shape index (κ2) is 7.12. The Morgan fingerprint density at radius 3 is 2.47 bits per heavy atom. The number of thioether (sulfide) groups is 1. The van der Waals surface area contributed by atoms with E-state index in [1.54, 1.807) is 0 Å². The van der Waals surface area contributed by atoms with Gasteiger partial charge in [0.15, 0.2) is 0 Å². The molecule has 0 spiro atoms. The van der Waals surface area contributed by atoms with Crippen molar-refractivity contribution >= 4 is 17.7 Å². The lowest BCUT2D eigenvalue weighted by atomic mass is 10.2. The van der Waals surface area contributed by atoms with Gasteiger partial charge in [-0.25, -0.2) is 0 Å². The van der Waals surface area contributed by atoms with Gasteiger partial charge >= 0.3 is 0 Å². The molecule has 0 bridgehead atoms. The van der Waals surface area contributed by atoms with Gasteiger partial charge in [0.05, 0.1) is 5.75 Å². The Labute approximate surface area is 97.0 Å². The molecule has 15 heavy (non-hydrogen) atoms. The average Bonchev–Trinajstić information content (AvgIpc) is 2.29. The van der Waals surface area contributed by atoms with Crippen LogP contribution in [0.2, 0.25) is 0 Å². The van der Waals surface area contributed by atoms with Crippen LogP contribution in [-0.4, -0.2) is 48.0 Å². The second-order valence-corrected chi connectivity index (χ2v) is 5.12. The molecule has 1 aliphatic rings. The van der Waals surface area contributed by atoms with Crippen molar-refractivity contribution < 1.29 is 4.79 Å². The molecule has 1 heterocycles. The van der Waals surface area contributed by atoms with E-state index in [-0.39, 0.29) is 0 Å². The Hall–Kier alpha value is -0.220. The molecule has 1 aliphatic heterocycles. The minimum atomic E-state index is 0.295. The number of carbonyl (C=O) groups excluding carboxylic acids is 1. The van der Waals surface area contributed by atoms with E-state index in [1.807, 2.05) is 30.5 Å². The molecule has 0 atom stereocenters. The summed E-state index contributed by atoms with van der Waals surface area (Å²) in [6.07, 6.45) is 2.41. The van der Waals surface area contributed by atoms with Crippen LogP contribution in [-0.2, 0) is 4.79 Å². The van der Waals surface area contributed by atoms with Crippen molar-refractivity contribution in [3.05, 3.63) is 0 Å². The molecule has 1 amide bonds. The van der Waals surface area contributed by atoms with E-state index in [0.717, 1.165) is 26.2 Å². The van der Waals surface area contributed by atoms with Crippen LogP contribution in [0.1, 0.15) is 26.7 Å². The second-order valence-electron chi connectivity index (χ2n) is 3.83. The average molecular weight is 230 g/mol. The van der Waals surface area contributed by atoms with Gasteiger partial charge in [0.2, 0.25) is 5.91 Å². The Bertz CT molecular complexity index is 189. The molecular formula is C11H22N2OS. The lowest BCUT2D eigenvalue weighted by Gasteiger charge is -2.24. The van der Waals surface area contributed by atoms with Crippen LogP contribution in [0.25, 0.3) is 0 Å². The third kappa shape index (κ3) is 4.43. The third-order valence-corrected chi connectivity index (χ3v) is 4.20. The van der Waals surface area contributed by atoms with Gasteiger partial charge in [0.25, 0.3) is 0 Å². The molecule has 0 aromatic carbocycles. The normalized spacial score (nSPS) is 17.7. The van der Waals surface area contributed by atoms with E-state index in [0.29, 0.717) is 16.9 Å². The molecule has 0 aromatic heterocycles. The topological polar surface area (TPSA) is 32.3 Å². The van der Waals surface area contributed by atoms with Crippen molar-refractivity contribution in [3.8, 4) is 0 Å². The molecule has 0 radical (unpaired) electrons. The molecule has 88 valence electrons. The molecule has 0 aliphatic carbocycles. The van der Waals surface area contributed by atoms with Gasteiger partial charge < -0.3 is 10.2 Å². The molecule has 1 N–H and O–H groups in total. The monoisotopic (exact) mass is 230 g/mol. The first-order valence-electron chi connectivity index (χ1n) is 5.88. The molecule has 1 saturated heterocycles. The van der Waals surface area contributed by atoms with Crippen molar-refractivity contribution in [1.29, 1.82) is 0 Å². The van der Waals surface area contributed by atoms with Crippen LogP contribution < -0.4 is 5.32 Å². The van der Waals surface area contributed by atoms with Gasteiger partial charge in [-0.1, -0.05) is 0 Å². The van der Waals surface area contributed by atoms with Crippen LogP contribution in [0.3, 0.4) is 0 Å². The van der Waals surface area contributed by atoms with Gasteiger partial charge in [-0.2, -0.15) is 0 Å².